The minimum atomic E-state index is -1.19. The van der Waals surface area contributed by atoms with Crippen LogP contribution in [-0.4, -0.2) is 52.6 Å². The van der Waals surface area contributed by atoms with Crippen molar-refractivity contribution in [1.82, 2.24) is 15.3 Å². The molecule has 11 nitrogen and oxygen atoms in total. The summed E-state index contributed by atoms with van der Waals surface area (Å²) in [6, 6.07) is 9.29. The van der Waals surface area contributed by atoms with Crippen molar-refractivity contribution >= 4 is 45.5 Å². The molecule has 0 bridgehead atoms. The smallest absolute Gasteiger partial charge is 0.326 e. The normalized spacial score (nSPS) is 15.9. The third-order valence-electron chi connectivity index (χ3n) is 6.75. The Hall–Kier alpha value is -4.64. The number of nitrogens with zero attached hydrogens (tertiary/aromatic N) is 3. The summed E-state index contributed by atoms with van der Waals surface area (Å²) in [4.78, 5) is 59.0. The van der Waals surface area contributed by atoms with Crippen LogP contribution in [0.3, 0.4) is 0 Å². The van der Waals surface area contributed by atoms with Gasteiger partial charge in [0.2, 0.25) is 5.91 Å². The molecular weight excluding hydrogens is 488 g/mol. The van der Waals surface area contributed by atoms with E-state index in [9.17, 15) is 24.3 Å². The summed E-state index contributed by atoms with van der Waals surface area (Å²) in [6.07, 6.45) is 6.66. The zero-order valence-electron chi connectivity index (χ0n) is 20.6. The molecule has 5 rings (SSSR count). The fourth-order valence-electron chi connectivity index (χ4n) is 4.66. The summed E-state index contributed by atoms with van der Waals surface area (Å²) in [5, 5.41) is 20.7. The van der Waals surface area contributed by atoms with Gasteiger partial charge in [0.1, 0.15) is 23.2 Å². The molecule has 1 unspecified atom stereocenters. The lowest BCUT2D eigenvalue weighted by Crippen LogP contribution is -2.49. The highest BCUT2D eigenvalue weighted by atomic mass is 16.4. The van der Waals surface area contributed by atoms with Crippen molar-refractivity contribution in [2.24, 2.45) is 0 Å². The number of carbonyl (C=O) groups is 2. The largest absolute Gasteiger partial charge is 0.480 e. The zero-order valence-corrected chi connectivity index (χ0v) is 20.6. The number of aliphatic carboxylic acids is 1. The molecule has 0 saturated carbocycles. The Labute approximate surface area is 217 Å². The van der Waals surface area contributed by atoms with Gasteiger partial charge in [-0.05, 0) is 49.2 Å². The lowest BCUT2D eigenvalue weighted by Gasteiger charge is -2.26. The van der Waals surface area contributed by atoms with Gasteiger partial charge in [-0.3, -0.25) is 19.4 Å². The number of fused-ring (bicyclic) bond motifs is 1. The standard InChI is InChI=1S/C27H26N6O5/c1-33(26(36)19-3-2-10-29-19)22-21(23(34)24(22)35)32-20(27(37)38)13-15-4-6-17(7-5-15)31-25-18-9-11-28-14-16(18)8-12-30-25/h4-9,11-12,14,19-20,29,32H,2-3,10,13H2,1H3,(H,30,31)(H,37,38)/t19?,20-/m0/s1. The van der Waals surface area contributed by atoms with Crippen molar-refractivity contribution in [3.05, 3.63) is 81.0 Å². The number of carbonyl (C=O) groups excluding carboxylic acids is 1. The van der Waals surface area contributed by atoms with Crippen LogP contribution < -0.4 is 31.7 Å². The third kappa shape index (κ3) is 4.83. The number of hydrogen-bond acceptors (Lipinski definition) is 9. The van der Waals surface area contributed by atoms with E-state index in [2.05, 4.69) is 25.9 Å². The molecule has 1 aliphatic heterocycles. The number of carboxylic acids is 1. The van der Waals surface area contributed by atoms with Gasteiger partial charge in [0.15, 0.2) is 0 Å². The molecule has 2 aromatic carbocycles. The van der Waals surface area contributed by atoms with Gasteiger partial charge in [-0.25, -0.2) is 9.78 Å². The van der Waals surface area contributed by atoms with E-state index in [0.717, 1.165) is 27.8 Å². The number of anilines is 4. The number of carboxylic acid groups (broad SMARTS) is 1. The van der Waals surface area contributed by atoms with E-state index >= 15 is 0 Å². The minimum absolute atomic E-state index is 0.0495. The van der Waals surface area contributed by atoms with E-state index in [1.807, 2.05) is 12.1 Å². The Morgan fingerprint density at radius 3 is 2.63 bits per heavy atom. The second kappa shape index (κ2) is 10.4. The highest BCUT2D eigenvalue weighted by Gasteiger charge is 2.34. The van der Waals surface area contributed by atoms with E-state index in [4.69, 9.17) is 0 Å². The summed E-state index contributed by atoms with van der Waals surface area (Å²) in [5.41, 5.74) is -0.425. The summed E-state index contributed by atoms with van der Waals surface area (Å²) in [6.45, 7) is 0.701. The van der Waals surface area contributed by atoms with Gasteiger partial charge >= 0.3 is 5.97 Å². The molecule has 3 heterocycles. The molecule has 1 aliphatic rings. The van der Waals surface area contributed by atoms with Crippen LogP contribution in [0.4, 0.5) is 22.9 Å². The lowest BCUT2D eigenvalue weighted by atomic mass is 10.0. The quantitative estimate of drug-likeness (QED) is 0.243. The first-order valence-electron chi connectivity index (χ1n) is 12.2. The Bertz CT molecular complexity index is 1570. The molecule has 38 heavy (non-hydrogen) atoms. The fourth-order valence-corrected chi connectivity index (χ4v) is 4.66. The monoisotopic (exact) mass is 514 g/mol. The van der Waals surface area contributed by atoms with Gasteiger partial charge in [-0.15, -0.1) is 0 Å². The van der Waals surface area contributed by atoms with Crippen LogP contribution in [0.5, 0.6) is 0 Å². The molecular formula is C27H26N6O5. The first kappa shape index (κ1) is 25.0. The van der Waals surface area contributed by atoms with Crippen LogP contribution in [0, 0.1) is 0 Å². The van der Waals surface area contributed by atoms with Crippen LogP contribution in [0.2, 0.25) is 0 Å². The Kier molecular flexibility index (Phi) is 6.84. The molecule has 1 saturated heterocycles. The Morgan fingerprint density at radius 1 is 1.13 bits per heavy atom. The van der Waals surface area contributed by atoms with Crippen molar-refractivity contribution in [3.63, 3.8) is 0 Å². The number of aromatic nitrogens is 2. The summed E-state index contributed by atoms with van der Waals surface area (Å²) < 4.78 is 0. The molecule has 11 heteroatoms. The molecule has 4 N–H and O–H groups in total. The average molecular weight is 515 g/mol. The van der Waals surface area contributed by atoms with Crippen LogP contribution in [0.15, 0.2) is 64.6 Å². The maximum atomic E-state index is 12.7. The molecule has 0 radical (unpaired) electrons. The molecule has 0 spiro atoms. The van der Waals surface area contributed by atoms with Crippen molar-refractivity contribution in [2.75, 3.05) is 29.1 Å². The lowest BCUT2D eigenvalue weighted by molar-refractivity contribution is -0.137. The Balaban J connectivity index is 1.30. The number of amides is 1. The first-order valence-corrected chi connectivity index (χ1v) is 12.2. The Morgan fingerprint density at radius 2 is 1.92 bits per heavy atom. The average Bonchev–Trinajstić information content (AvgIpc) is 3.47. The van der Waals surface area contributed by atoms with Gasteiger partial charge < -0.3 is 26.0 Å². The van der Waals surface area contributed by atoms with Gasteiger partial charge in [0, 0.05) is 48.5 Å². The SMILES string of the molecule is CN(C(=O)C1CCCN1)c1c(N[C@@H](Cc2ccc(Nc3nccc4cnccc34)cc2)C(=O)O)c(=O)c1=O. The van der Waals surface area contributed by atoms with Gasteiger partial charge in [-0.2, -0.15) is 0 Å². The summed E-state index contributed by atoms with van der Waals surface area (Å²) >= 11 is 0. The number of likely N-dealkylation sites (N-methyl/N-ethyl adjacent to an activating group) is 1. The predicted octanol–water partition coefficient (Wildman–Crippen LogP) is 1.79. The van der Waals surface area contributed by atoms with Crippen LogP contribution in [0.1, 0.15) is 18.4 Å². The van der Waals surface area contributed by atoms with E-state index in [-0.39, 0.29) is 23.7 Å². The topological polar surface area (TPSA) is 154 Å². The summed E-state index contributed by atoms with van der Waals surface area (Å²) in [7, 11) is 1.42. The fraction of sp³-hybridized carbons (Fsp3) is 0.259. The number of pyridine rings is 2. The van der Waals surface area contributed by atoms with Crippen molar-refractivity contribution in [1.29, 1.82) is 0 Å². The van der Waals surface area contributed by atoms with Gasteiger partial charge in [0.05, 0.1) is 6.04 Å². The predicted molar refractivity (Wildman–Crippen MR) is 144 cm³/mol. The van der Waals surface area contributed by atoms with E-state index in [1.165, 1.54) is 7.05 Å². The molecule has 2 aromatic heterocycles. The number of benzene rings is 1. The van der Waals surface area contributed by atoms with Crippen LogP contribution in [-0.2, 0) is 16.0 Å². The highest BCUT2D eigenvalue weighted by Crippen LogP contribution is 2.25. The number of nitrogens with one attached hydrogen (secondary N) is 3. The molecule has 194 valence electrons. The van der Waals surface area contributed by atoms with Gasteiger partial charge in [-0.1, -0.05) is 12.1 Å². The number of hydrogen-bond donors (Lipinski definition) is 4. The molecule has 4 aromatic rings. The third-order valence-corrected chi connectivity index (χ3v) is 6.75. The van der Waals surface area contributed by atoms with E-state index < -0.39 is 28.9 Å². The van der Waals surface area contributed by atoms with Crippen LogP contribution >= 0.6 is 0 Å². The van der Waals surface area contributed by atoms with Crippen molar-refractivity contribution in [3.8, 4) is 0 Å². The number of rotatable bonds is 9. The van der Waals surface area contributed by atoms with E-state index in [0.29, 0.717) is 24.3 Å². The molecule has 1 fully saturated rings. The maximum absolute atomic E-state index is 12.7. The minimum Gasteiger partial charge on any atom is -0.480 e. The van der Waals surface area contributed by atoms with Crippen molar-refractivity contribution < 1.29 is 14.7 Å². The van der Waals surface area contributed by atoms with Crippen LogP contribution in [0.25, 0.3) is 10.8 Å². The van der Waals surface area contributed by atoms with E-state index in [1.54, 1.807) is 42.9 Å². The van der Waals surface area contributed by atoms with Crippen molar-refractivity contribution in [2.45, 2.75) is 31.3 Å². The molecule has 1 amide bonds. The molecule has 0 aliphatic carbocycles. The first-order chi connectivity index (χ1) is 18.3. The highest BCUT2D eigenvalue weighted by molar-refractivity contribution is 6.01. The molecule has 2 atom stereocenters. The van der Waals surface area contributed by atoms with Gasteiger partial charge in [0.25, 0.3) is 10.9 Å². The second-order valence-corrected chi connectivity index (χ2v) is 9.25. The summed E-state index contributed by atoms with van der Waals surface area (Å²) in [5.74, 6) is -0.849. The maximum Gasteiger partial charge on any atom is 0.326 e. The second-order valence-electron chi connectivity index (χ2n) is 9.25. The zero-order chi connectivity index (χ0) is 26.8.